The number of hydrogen-bond donors (Lipinski definition) is 0. The lowest BCUT2D eigenvalue weighted by Crippen LogP contribution is -2.13. The number of nitrogens with zero attached hydrogens (tertiary/aromatic N) is 2. The molecule has 3 aromatic carbocycles. The van der Waals surface area contributed by atoms with E-state index in [2.05, 4.69) is 42.7 Å². The Labute approximate surface area is 175 Å². The van der Waals surface area contributed by atoms with E-state index in [1.54, 1.807) is 0 Å². The van der Waals surface area contributed by atoms with Crippen LogP contribution in [0.5, 0.6) is 11.5 Å². The molecule has 0 saturated heterocycles. The molecule has 0 aliphatic rings. The average molecular weight is 407 g/mol. The molecule has 0 unspecified atom stereocenters. The maximum Gasteiger partial charge on any atom is 0.148 e. The van der Waals surface area contributed by atoms with Crippen LogP contribution < -0.4 is 9.47 Å². The molecule has 29 heavy (non-hydrogen) atoms. The highest BCUT2D eigenvalue weighted by atomic mass is 35.5. The minimum absolute atomic E-state index is 0.335. The molecule has 0 spiro atoms. The van der Waals surface area contributed by atoms with Crippen molar-refractivity contribution in [1.82, 2.24) is 9.55 Å². The molecule has 0 atom stereocenters. The fraction of sp³-hybridized carbons (Fsp3) is 0.208. The normalized spacial score (nSPS) is 11.0. The molecule has 0 bridgehead atoms. The van der Waals surface area contributed by atoms with Crippen LogP contribution in [-0.4, -0.2) is 16.2 Å². The molecule has 1 heterocycles. The van der Waals surface area contributed by atoms with Gasteiger partial charge in [0.25, 0.3) is 0 Å². The molecule has 148 valence electrons. The molecule has 0 saturated carbocycles. The highest BCUT2D eigenvalue weighted by molar-refractivity contribution is 6.32. The molecular weight excluding hydrogens is 384 g/mol. The van der Waals surface area contributed by atoms with E-state index < -0.39 is 0 Å². The lowest BCUT2D eigenvalue weighted by molar-refractivity contribution is 0.271. The third kappa shape index (κ3) is 4.38. The van der Waals surface area contributed by atoms with Gasteiger partial charge in [-0.15, -0.1) is 0 Å². The number of hydrogen-bond acceptors (Lipinski definition) is 3. The zero-order chi connectivity index (χ0) is 20.2. The van der Waals surface area contributed by atoms with E-state index in [4.69, 9.17) is 26.1 Å². The smallest absolute Gasteiger partial charge is 0.148 e. The molecule has 5 heteroatoms. The van der Waals surface area contributed by atoms with Crippen molar-refractivity contribution in [3.8, 4) is 11.5 Å². The van der Waals surface area contributed by atoms with Gasteiger partial charge in [-0.05, 0) is 55.3 Å². The highest BCUT2D eigenvalue weighted by Gasteiger charge is 2.12. The first-order valence-corrected chi connectivity index (χ1v) is 10.0. The summed E-state index contributed by atoms with van der Waals surface area (Å²) in [4.78, 5) is 4.75. The number of para-hydroxylation sites is 3. The van der Waals surface area contributed by atoms with Crippen molar-refractivity contribution < 1.29 is 9.47 Å². The third-order valence-electron chi connectivity index (χ3n) is 4.84. The first-order valence-electron chi connectivity index (χ1n) is 9.63. The minimum atomic E-state index is 0.335. The lowest BCUT2D eigenvalue weighted by Gasteiger charge is -2.13. The van der Waals surface area contributed by atoms with E-state index in [9.17, 15) is 0 Å². The van der Waals surface area contributed by atoms with Crippen molar-refractivity contribution in [2.75, 3.05) is 6.61 Å². The van der Waals surface area contributed by atoms with Crippen LogP contribution >= 0.6 is 11.6 Å². The summed E-state index contributed by atoms with van der Waals surface area (Å²) in [6.07, 6.45) is 0. The van der Waals surface area contributed by atoms with Gasteiger partial charge in [0.05, 0.1) is 22.6 Å². The molecule has 0 radical (unpaired) electrons. The third-order valence-corrected chi connectivity index (χ3v) is 5.16. The van der Waals surface area contributed by atoms with Crippen LogP contribution in [0.1, 0.15) is 17.0 Å². The van der Waals surface area contributed by atoms with Crippen LogP contribution in [0.3, 0.4) is 0 Å². The first-order chi connectivity index (χ1) is 14.1. The van der Waals surface area contributed by atoms with Gasteiger partial charge in [-0.3, -0.25) is 0 Å². The molecule has 4 nitrogen and oxygen atoms in total. The molecule has 4 rings (SSSR count). The average Bonchev–Trinajstić information content (AvgIpc) is 3.07. The maximum atomic E-state index is 6.22. The van der Waals surface area contributed by atoms with Crippen LogP contribution in [0, 0.1) is 13.8 Å². The fourth-order valence-electron chi connectivity index (χ4n) is 3.30. The van der Waals surface area contributed by atoms with Crippen molar-refractivity contribution in [3.05, 3.63) is 88.7 Å². The zero-order valence-corrected chi connectivity index (χ0v) is 17.3. The molecule has 0 aliphatic heterocycles. The van der Waals surface area contributed by atoms with Gasteiger partial charge in [0.15, 0.2) is 0 Å². The van der Waals surface area contributed by atoms with Gasteiger partial charge in [0.2, 0.25) is 0 Å². The van der Waals surface area contributed by atoms with Crippen molar-refractivity contribution >= 4 is 22.6 Å². The summed E-state index contributed by atoms with van der Waals surface area (Å²) in [6.45, 7) is 5.69. The number of aromatic nitrogens is 2. The second-order valence-electron chi connectivity index (χ2n) is 7.00. The monoisotopic (exact) mass is 406 g/mol. The quantitative estimate of drug-likeness (QED) is 0.379. The van der Waals surface area contributed by atoms with Gasteiger partial charge >= 0.3 is 0 Å². The van der Waals surface area contributed by atoms with Gasteiger partial charge < -0.3 is 14.0 Å². The topological polar surface area (TPSA) is 36.3 Å². The Morgan fingerprint density at radius 3 is 2.55 bits per heavy atom. The fourth-order valence-corrected chi connectivity index (χ4v) is 3.49. The van der Waals surface area contributed by atoms with Crippen molar-refractivity contribution in [3.63, 3.8) is 0 Å². The van der Waals surface area contributed by atoms with E-state index >= 15 is 0 Å². The second kappa shape index (κ2) is 8.58. The Balaban J connectivity index is 1.53. The van der Waals surface area contributed by atoms with Crippen LogP contribution in [0.25, 0.3) is 11.0 Å². The van der Waals surface area contributed by atoms with E-state index in [-0.39, 0.29) is 0 Å². The first kappa shape index (κ1) is 19.3. The van der Waals surface area contributed by atoms with Crippen LogP contribution in [-0.2, 0) is 13.2 Å². The molecule has 0 N–H and O–H groups in total. The van der Waals surface area contributed by atoms with Crippen LogP contribution in [0.15, 0.2) is 66.7 Å². The second-order valence-corrected chi connectivity index (χ2v) is 7.41. The van der Waals surface area contributed by atoms with Crippen LogP contribution in [0.4, 0.5) is 0 Å². The molecule has 4 aromatic rings. The Hall–Kier alpha value is -2.98. The van der Waals surface area contributed by atoms with Crippen molar-refractivity contribution in [2.45, 2.75) is 27.0 Å². The summed E-state index contributed by atoms with van der Waals surface area (Å²) in [6, 6.07) is 21.8. The molecular formula is C24H23ClN2O2. The van der Waals surface area contributed by atoms with Crippen molar-refractivity contribution in [1.29, 1.82) is 0 Å². The molecule has 0 aliphatic carbocycles. The zero-order valence-electron chi connectivity index (χ0n) is 16.6. The lowest BCUT2D eigenvalue weighted by atomic mass is 10.1. The van der Waals surface area contributed by atoms with E-state index in [0.29, 0.717) is 30.5 Å². The minimum Gasteiger partial charge on any atom is -0.491 e. The number of fused-ring (bicyclic) bond motifs is 1. The summed E-state index contributed by atoms with van der Waals surface area (Å²) in [5, 5.41) is 0.591. The maximum absolute atomic E-state index is 6.22. The SMILES string of the molecule is Cc1ccc(C)c(OCCn2c(COc3ccccc3Cl)nc3ccccc32)c1. The van der Waals surface area contributed by atoms with Gasteiger partial charge in [-0.2, -0.15) is 0 Å². The summed E-state index contributed by atoms with van der Waals surface area (Å²) in [5.74, 6) is 2.42. The molecule has 1 aromatic heterocycles. The molecule has 0 amide bonds. The largest absolute Gasteiger partial charge is 0.491 e. The summed E-state index contributed by atoms with van der Waals surface area (Å²) in [7, 11) is 0. The number of rotatable bonds is 7. The van der Waals surface area contributed by atoms with E-state index in [1.807, 2.05) is 42.5 Å². The van der Waals surface area contributed by atoms with Gasteiger partial charge in [-0.1, -0.05) is 48.0 Å². The number of aryl methyl sites for hydroxylation is 2. The van der Waals surface area contributed by atoms with Crippen LogP contribution in [0.2, 0.25) is 5.02 Å². The summed E-state index contributed by atoms with van der Waals surface area (Å²) >= 11 is 6.22. The standard InChI is InChI=1S/C24H23ClN2O2/c1-17-11-12-18(2)23(15-17)28-14-13-27-21-9-5-4-8-20(21)26-24(27)16-29-22-10-6-3-7-19(22)25/h3-12,15H,13-14,16H2,1-2H3. The predicted octanol–water partition coefficient (Wildman–Crippen LogP) is 5.96. The number of benzene rings is 3. The Bertz CT molecular complexity index is 1140. The summed E-state index contributed by atoms with van der Waals surface area (Å²) in [5.41, 5.74) is 4.33. The number of imidazole rings is 1. The molecule has 0 fully saturated rings. The number of halogens is 1. The Morgan fingerprint density at radius 1 is 0.897 bits per heavy atom. The predicted molar refractivity (Wildman–Crippen MR) is 117 cm³/mol. The van der Waals surface area contributed by atoms with Gasteiger partial charge in [0.1, 0.15) is 30.5 Å². The highest BCUT2D eigenvalue weighted by Crippen LogP contribution is 2.25. The van der Waals surface area contributed by atoms with Crippen molar-refractivity contribution in [2.24, 2.45) is 0 Å². The van der Waals surface area contributed by atoms with E-state index in [0.717, 1.165) is 28.2 Å². The Kier molecular flexibility index (Phi) is 5.72. The van der Waals surface area contributed by atoms with Gasteiger partial charge in [-0.25, -0.2) is 4.98 Å². The van der Waals surface area contributed by atoms with Gasteiger partial charge in [0, 0.05) is 0 Å². The number of ether oxygens (including phenoxy) is 2. The Morgan fingerprint density at radius 2 is 1.69 bits per heavy atom. The summed E-state index contributed by atoms with van der Waals surface area (Å²) < 4.78 is 14.2. The van der Waals surface area contributed by atoms with E-state index in [1.165, 1.54) is 5.56 Å².